The van der Waals surface area contributed by atoms with E-state index in [4.69, 9.17) is 16.7 Å². The van der Waals surface area contributed by atoms with Crippen molar-refractivity contribution in [2.75, 3.05) is 17.3 Å². The minimum absolute atomic E-state index is 0.0380. The van der Waals surface area contributed by atoms with E-state index in [1.807, 2.05) is 0 Å². The molecule has 5 nitrogen and oxygen atoms in total. The highest BCUT2D eigenvalue weighted by Crippen LogP contribution is 2.28. The van der Waals surface area contributed by atoms with Crippen molar-refractivity contribution in [3.05, 3.63) is 24.0 Å². The van der Waals surface area contributed by atoms with Crippen molar-refractivity contribution in [1.29, 1.82) is 0 Å². The first-order chi connectivity index (χ1) is 8.13. The molecular formula is C11H11ClN2O3. The Morgan fingerprint density at radius 1 is 1.65 bits per heavy atom. The van der Waals surface area contributed by atoms with Gasteiger partial charge in [0.2, 0.25) is 5.91 Å². The highest BCUT2D eigenvalue weighted by molar-refractivity contribution is 6.18. The number of nitrogens with zero attached hydrogens (tertiary/aromatic N) is 2. The molecule has 6 heteroatoms. The summed E-state index contributed by atoms with van der Waals surface area (Å²) >= 11 is 5.72. The Labute approximate surface area is 103 Å². The third-order valence-electron chi connectivity index (χ3n) is 2.74. The topological polar surface area (TPSA) is 70.5 Å². The van der Waals surface area contributed by atoms with Crippen molar-refractivity contribution >= 4 is 29.2 Å². The van der Waals surface area contributed by atoms with Crippen molar-refractivity contribution in [2.45, 2.75) is 6.42 Å². The third-order valence-corrected chi connectivity index (χ3v) is 3.18. The molecule has 1 aliphatic heterocycles. The zero-order valence-corrected chi connectivity index (χ0v) is 9.72. The Hall–Kier alpha value is -1.62. The summed E-state index contributed by atoms with van der Waals surface area (Å²) in [4.78, 5) is 28.0. The van der Waals surface area contributed by atoms with Gasteiger partial charge in [0.1, 0.15) is 5.56 Å². The molecule has 90 valence electrons. The lowest BCUT2D eigenvalue weighted by atomic mass is 10.1. The van der Waals surface area contributed by atoms with Crippen molar-refractivity contribution in [3.8, 4) is 0 Å². The predicted molar refractivity (Wildman–Crippen MR) is 62.4 cm³/mol. The number of anilines is 1. The minimum atomic E-state index is -1.09. The minimum Gasteiger partial charge on any atom is -0.478 e. The Kier molecular flexibility index (Phi) is 3.28. The van der Waals surface area contributed by atoms with Gasteiger partial charge in [-0.25, -0.2) is 4.79 Å². The molecule has 0 aliphatic carbocycles. The van der Waals surface area contributed by atoms with Gasteiger partial charge in [0.05, 0.1) is 5.69 Å². The van der Waals surface area contributed by atoms with Crippen LogP contribution in [-0.4, -0.2) is 34.4 Å². The lowest BCUT2D eigenvalue weighted by Gasteiger charge is -2.18. The third kappa shape index (κ3) is 2.24. The molecule has 1 saturated heterocycles. The highest BCUT2D eigenvalue weighted by Gasteiger charge is 2.32. The number of halogens is 1. The number of carboxylic acids is 1. The Balaban J connectivity index is 2.35. The van der Waals surface area contributed by atoms with E-state index in [1.54, 1.807) is 0 Å². The fraction of sp³-hybridized carbons (Fsp3) is 0.364. The summed E-state index contributed by atoms with van der Waals surface area (Å²) in [5.41, 5.74) is 0.432. The molecule has 1 atom stereocenters. The van der Waals surface area contributed by atoms with Crippen LogP contribution < -0.4 is 4.90 Å². The number of rotatable bonds is 3. The van der Waals surface area contributed by atoms with Gasteiger partial charge in [0, 0.05) is 31.2 Å². The average Bonchev–Trinajstić information content (AvgIpc) is 2.70. The molecule has 17 heavy (non-hydrogen) atoms. The fourth-order valence-electron chi connectivity index (χ4n) is 1.91. The maximum absolute atomic E-state index is 11.8. The monoisotopic (exact) mass is 254 g/mol. The van der Waals surface area contributed by atoms with E-state index in [-0.39, 0.29) is 17.4 Å². The van der Waals surface area contributed by atoms with Crippen molar-refractivity contribution in [3.63, 3.8) is 0 Å². The molecular weight excluding hydrogens is 244 g/mol. The molecule has 1 aromatic rings. The van der Waals surface area contributed by atoms with E-state index >= 15 is 0 Å². The molecule has 2 rings (SSSR count). The normalized spacial score (nSPS) is 19.7. The summed E-state index contributed by atoms with van der Waals surface area (Å²) in [5, 5.41) is 9.03. The van der Waals surface area contributed by atoms with Crippen molar-refractivity contribution in [2.24, 2.45) is 5.92 Å². The molecule has 0 spiro atoms. The second-order valence-corrected chi connectivity index (χ2v) is 4.24. The van der Waals surface area contributed by atoms with Crippen LogP contribution in [0.15, 0.2) is 18.5 Å². The van der Waals surface area contributed by atoms with Gasteiger partial charge in [0.15, 0.2) is 0 Å². The quantitative estimate of drug-likeness (QED) is 0.827. The fourth-order valence-corrected chi connectivity index (χ4v) is 2.11. The van der Waals surface area contributed by atoms with E-state index in [1.165, 1.54) is 23.4 Å². The SMILES string of the molecule is O=C(O)c1cnccc1N1CC(CCl)CC1=O. The Bertz CT molecular complexity index is 464. The standard InChI is InChI=1S/C11H11ClN2O3/c12-4-7-3-10(15)14(6-7)9-1-2-13-5-8(9)11(16)17/h1-2,5,7H,3-4,6H2,(H,16,17). The number of aromatic carboxylic acids is 1. The Morgan fingerprint density at radius 2 is 2.41 bits per heavy atom. The zero-order valence-electron chi connectivity index (χ0n) is 8.97. The molecule has 2 heterocycles. The molecule has 0 radical (unpaired) electrons. The molecule has 1 aliphatic rings. The summed E-state index contributed by atoms with van der Waals surface area (Å²) in [6.45, 7) is 0.465. The summed E-state index contributed by atoms with van der Waals surface area (Å²) in [6, 6.07) is 1.54. The van der Waals surface area contributed by atoms with Gasteiger partial charge in [-0.1, -0.05) is 0 Å². The number of aromatic nitrogens is 1. The van der Waals surface area contributed by atoms with Crippen LogP contribution in [0.3, 0.4) is 0 Å². The van der Waals surface area contributed by atoms with Gasteiger partial charge in [-0.2, -0.15) is 0 Å². The largest absolute Gasteiger partial charge is 0.478 e. The maximum Gasteiger partial charge on any atom is 0.339 e. The van der Waals surface area contributed by atoms with Crippen molar-refractivity contribution in [1.82, 2.24) is 4.98 Å². The van der Waals surface area contributed by atoms with Crippen LogP contribution in [0, 0.1) is 5.92 Å². The van der Waals surface area contributed by atoms with Gasteiger partial charge < -0.3 is 10.0 Å². The van der Waals surface area contributed by atoms with E-state index in [0.717, 1.165) is 0 Å². The molecule has 1 aromatic heterocycles. The molecule has 1 fully saturated rings. The number of hydrogen-bond acceptors (Lipinski definition) is 3. The van der Waals surface area contributed by atoms with Gasteiger partial charge >= 0.3 is 5.97 Å². The second-order valence-electron chi connectivity index (χ2n) is 3.93. The van der Waals surface area contributed by atoms with Gasteiger partial charge in [-0.3, -0.25) is 9.78 Å². The van der Waals surface area contributed by atoms with E-state index in [0.29, 0.717) is 24.5 Å². The van der Waals surface area contributed by atoms with Crippen LogP contribution in [0.2, 0.25) is 0 Å². The lowest BCUT2D eigenvalue weighted by molar-refractivity contribution is -0.117. The number of hydrogen-bond donors (Lipinski definition) is 1. The lowest BCUT2D eigenvalue weighted by Crippen LogP contribution is -2.26. The van der Waals surface area contributed by atoms with Crippen LogP contribution in [0.1, 0.15) is 16.8 Å². The number of alkyl halides is 1. The molecule has 0 saturated carbocycles. The van der Waals surface area contributed by atoms with Gasteiger partial charge in [-0.15, -0.1) is 11.6 Å². The average molecular weight is 255 g/mol. The van der Waals surface area contributed by atoms with Crippen LogP contribution in [0.4, 0.5) is 5.69 Å². The summed E-state index contributed by atoms with van der Waals surface area (Å²) in [5.74, 6) is -0.700. The number of carbonyl (C=O) groups excluding carboxylic acids is 1. The first-order valence-electron chi connectivity index (χ1n) is 5.17. The van der Waals surface area contributed by atoms with Crippen LogP contribution in [-0.2, 0) is 4.79 Å². The molecule has 1 N–H and O–H groups in total. The molecule has 1 unspecified atom stereocenters. The molecule has 0 bridgehead atoms. The number of carboxylic acid groups (broad SMARTS) is 1. The van der Waals surface area contributed by atoms with Gasteiger partial charge in [-0.05, 0) is 12.0 Å². The zero-order chi connectivity index (χ0) is 12.4. The summed E-state index contributed by atoms with van der Waals surface area (Å²) < 4.78 is 0. The summed E-state index contributed by atoms with van der Waals surface area (Å²) in [7, 11) is 0. The van der Waals surface area contributed by atoms with Crippen LogP contribution in [0.5, 0.6) is 0 Å². The second kappa shape index (κ2) is 4.71. The molecule has 0 aromatic carbocycles. The summed E-state index contributed by atoms with van der Waals surface area (Å²) in [6.07, 6.45) is 3.09. The van der Waals surface area contributed by atoms with E-state index in [9.17, 15) is 9.59 Å². The highest BCUT2D eigenvalue weighted by atomic mass is 35.5. The van der Waals surface area contributed by atoms with Gasteiger partial charge in [0.25, 0.3) is 0 Å². The number of pyridine rings is 1. The maximum atomic E-state index is 11.8. The first kappa shape index (κ1) is 11.9. The van der Waals surface area contributed by atoms with E-state index in [2.05, 4.69) is 4.98 Å². The Morgan fingerprint density at radius 3 is 3.00 bits per heavy atom. The first-order valence-corrected chi connectivity index (χ1v) is 5.70. The predicted octanol–water partition coefficient (Wildman–Crippen LogP) is 1.37. The smallest absolute Gasteiger partial charge is 0.339 e. The molecule has 1 amide bonds. The van der Waals surface area contributed by atoms with Crippen molar-refractivity contribution < 1.29 is 14.7 Å². The van der Waals surface area contributed by atoms with E-state index < -0.39 is 5.97 Å². The number of amides is 1. The van der Waals surface area contributed by atoms with Crippen LogP contribution in [0.25, 0.3) is 0 Å². The number of carbonyl (C=O) groups is 2. The van der Waals surface area contributed by atoms with Crippen LogP contribution >= 0.6 is 11.6 Å².